The first kappa shape index (κ1) is 49.6. The summed E-state index contributed by atoms with van der Waals surface area (Å²) in [6.07, 6.45) is 5.38. The van der Waals surface area contributed by atoms with Crippen molar-refractivity contribution in [2.24, 2.45) is 0 Å². The molecule has 0 radical (unpaired) electrons. The molecule has 8 aromatic rings. The van der Waals surface area contributed by atoms with Gasteiger partial charge in [-0.1, -0.05) is 36.4 Å². The van der Waals surface area contributed by atoms with Gasteiger partial charge in [-0.25, -0.2) is 48.3 Å². The molecule has 0 bridgehead atoms. The summed E-state index contributed by atoms with van der Waals surface area (Å²) in [6, 6.07) is 17.9. The Morgan fingerprint density at radius 1 is 0.597 bits per heavy atom. The topological polar surface area (TPSA) is 190 Å². The first-order chi connectivity index (χ1) is 34.9. The molecule has 2 aromatic carbocycles. The summed E-state index contributed by atoms with van der Waals surface area (Å²) in [7, 11) is 3.68. The van der Waals surface area contributed by atoms with E-state index in [2.05, 4.69) is 61.8 Å². The van der Waals surface area contributed by atoms with E-state index in [9.17, 15) is 27.2 Å². The lowest BCUT2D eigenvalue weighted by Gasteiger charge is -2.16. The zero-order valence-electron chi connectivity index (χ0n) is 39.6. The van der Waals surface area contributed by atoms with Crippen molar-refractivity contribution >= 4 is 66.8 Å². The van der Waals surface area contributed by atoms with Crippen molar-refractivity contribution in [1.82, 2.24) is 61.0 Å². The van der Waals surface area contributed by atoms with Gasteiger partial charge in [0, 0.05) is 109 Å². The number of hydrogen-bond acceptors (Lipinski definition) is 14. The Balaban J connectivity index is 0.000000178. The van der Waals surface area contributed by atoms with E-state index >= 15 is 0 Å². The second kappa shape index (κ2) is 21.9. The van der Waals surface area contributed by atoms with E-state index < -0.39 is 23.5 Å². The average Bonchev–Trinajstić information content (AvgIpc) is 4.22. The van der Waals surface area contributed by atoms with E-state index in [1.807, 2.05) is 76.5 Å². The lowest BCUT2D eigenvalue weighted by molar-refractivity contribution is 0.218. The van der Waals surface area contributed by atoms with E-state index in [0.717, 1.165) is 65.9 Å². The Morgan fingerprint density at radius 3 is 1.42 bits per heavy atom. The van der Waals surface area contributed by atoms with Crippen molar-refractivity contribution in [2.45, 2.75) is 25.9 Å². The highest BCUT2D eigenvalue weighted by atomic mass is 32.1. The number of urea groups is 2. The number of thiophene rings is 2. The van der Waals surface area contributed by atoms with E-state index in [-0.39, 0.29) is 47.4 Å². The Hall–Kier alpha value is -7.40. The lowest BCUT2D eigenvalue weighted by atomic mass is 9.97. The number of anilines is 2. The predicted molar refractivity (Wildman–Crippen MR) is 274 cm³/mol. The van der Waals surface area contributed by atoms with Crippen LogP contribution >= 0.6 is 22.7 Å². The summed E-state index contributed by atoms with van der Waals surface area (Å²) in [5.74, 6) is -1.63. The van der Waals surface area contributed by atoms with Gasteiger partial charge in [0.05, 0.1) is 22.1 Å². The van der Waals surface area contributed by atoms with Crippen LogP contribution in [-0.4, -0.2) is 118 Å². The van der Waals surface area contributed by atoms with Crippen LogP contribution < -0.4 is 31.9 Å². The number of carbonyl (C=O) groups excluding carboxylic acids is 2. The minimum atomic E-state index is -0.560. The molecule has 372 valence electrons. The molecule has 2 aliphatic rings. The summed E-state index contributed by atoms with van der Waals surface area (Å²) in [5.41, 5.74) is 5.27. The number of nitrogens with one attached hydrogen (secondary N) is 6. The fraction of sp³-hybridized carbons (Fsp3) is 0.280. The average molecular weight is 1020 g/mol. The molecular weight excluding hydrogens is 969 g/mol. The van der Waals surface area contributed by atoms with Gasteiger partial charge >= 0.3 is 12.1 Å². The van der Waals surface area contributed by atoms with Gasteiger partial charge in [-0.3, -0.25) is 0 Å². The number of hydrogen-bond donors (Lipinski definition) is 6. The van der Waals surface area contributed by atoms with Crippen LogP contribution in [-0.2, 0) is 0 Å². The van der Waals surface area contributed by atoms with Gasteiger partial charge in [0.2, 0.25) is 23.8 Å². The van der Waals surface area contributed by atoms with Crippen LogP contribution in [0.3, 0.4) is 0 Å². The van der Waals surface area contributed by atoms with Crippen LogP contribution in [0.4, 0.5) is 39.0 Å². The highest BCUT2D eigenvalue weighted by molar-refractivity contribution is 7.23. The fourth-order valence-corrected chi connectivity index (χ4v) is 10.8. The van der Waals surface area contributed by atoms with Crippen molar-refractivity contribution in [1.29, 1.82) is 0 Å². The first-order valence-electron chi connectivity index (χ1n) is 23.2. The number of amides is 4. The number of pyridine rings is 2. The Morgan fingerprint density at radius 2 is 1.03 bits per heavy atom. The van der Waals surface area contributed by atoms with Gasteiger partial charge in [-0.2, -0.15) is 8.78 Å². The standard InChI is InChI=1S/2C25H25F2N7OS/c2*1-14(28-2)18-12-31-21(27)11-17(18)16-5-3-4-15-10-20(36-23(15)16)22-19(26)13-32-24(33-22)29-6-8-34-9-7-30-25(34)35/h2*3-5,10-14,28H,6-9H2,1-2H3,(H,30,35)(H,29,32,33)/t2*14-/m10/s1. The molecule has 6 aromatic heterocycles. The largest absolute Gasteiger partial charge is 0.352 e. The van der Waals surface area contributed by atoms with Gasteiger partial charge in [0.1, 0.15) is 11.4 Å². The highest BCUT2D eigenvalue weighted by Crippen LogP contribution is 2.43. The minimum Gasteiger partial charge on any atom is -0.352 e. The summed E-state index contributed by atoms with van der Waals surface area (Å²) < 4.78 is 59.8. The van der Waals surface area contributed by atoms with Crippen molar-refractivity contribution < 1.29 is 27.2 Å². The molecule has 10 rings (SSSR count). The molecule has 72 heavy (non-hydrogen) atoms. The van der Waals surface area contributed by atoms with Gasteiger partial charge in [0.15, 0.2) is 11.6 Å². The number of nitrogens with zero attached hydrogens (tertiary/aromatic N) is 8. The molecule has 0 unspecified atom stereocenters. The number of aromatic nitrogens is 6. The molecule has 0 aliphatic carbocycles. The van der Waals surface area contributed by atoms with E-state index in [4.69, 9.17) is 0 Å². The van der Waals surface area contributed by atoms with Crippen LogP contribution in [0.15, 0.2) is 85.5 Å². The maximum atomic E-state index is 14.8. The third-order valence-electron chi connectivity index (χ3n) is 12.4. The molecule has 0 spiro atoms. The third kappa shape index (κ3) is 10.8. The van der Waals surface area contributed by atoms with Crippen LogP contribution in [0.5, 0.6) is 0 Å². The molecule has 2 saturated heterocycles. The Kier molecular flexibility index (Phi) is 15.1. The van der Waals surface area contributed by atoms with E-state index in [1.165, 1.54) is 34.8 Å². The van der Waals surface area contributed by atoms with Crippen molar-refractivity contribution in [3.63, 3.8) is 0 Å². The van der Waals surface area contributed by atoms with Crippen LogP contribution in [0.2, 0.25) is 0 Å². The summed E-state index contributed by atoms with van der Waals surface area (Å²) in [5, 5.41) is 19.8. The zero-order chi connectivity index (χ0) is 50.5. The maximum absolute atomic E-state index is 14.8. The smallest absolute Gasteiger partial charge is 0.317 e. The SMILES string of the molecule is CN[C@@H](C)c1cnc(F)cc1-c1cccc2cc(-c3nc(NCCN4CCNC4=O)ncc3F)sc12.CN[C@H](C)c1cnc(F)cc1-c1cccc2cc(-c3nc(NCCN4CCNC4=O)ncc3F)sc12. The summed E-state index contributed by atoms with van der Waals surface area (Å²) in [4.78, 5) is 52.6. The number of halogens is 4. The first-order valence-corrected chi connectivity index (χ1v) is 24.8. The molecule has 2 atom stereocenters. The highest BCUT2D eigenvalue weighted by Gasteiger charge is 2.23. The van der Waals surface area contributed by atoms with Crippen molar-refractivity contribution in [3.05, 3.63) is 120 Å². The van der Waals surface area contributed by atoms with Gasteiger partial charge in [-0.15, -0.1) is 22.7 Å². The third-order valence-corrected chi connectivity index (χ3v) is 14.8. The van der Waals surface area contributed by atoms with Crippen LogP contribution in [0.25, 0.3) is 63.6 Å². The molecule has 0 saturated carbocycles. The monoisotopic (exact) mass is 1020 g/mol. The molecular formula is C50H50F4N14O2S2. The molecule has 2 aliphatic heterocycles. The number of rotatable bonds is 16. The zero-order valence-corrected chi connectivity index (χ0v) is 41.3. The summed E-state index contributed by atoms with van der Waals surface area (Å²) >= 11 is 2.78. The summed E-state index contributed by atoms with van der Waals surface area (Å²) in [6.45, 7) is 8.39. The van der Waals surface area contributed by atoms with Crippen molar-refractivity contribution in [3.8, 4) is 43.4 Å². The molecule has 6 N–H and O–H groups in total. The van der Waals surface area contributed by atoms with Crippen LogP contribution in [0.1, 0.15) is 37.1 Å². The Labute approximate surface area is 419 Å². The molecule has 2 fully saturated rings. The Bertz CT molecular complexity index is 3070. The number of benzene rings is 2. The number of fused-ring (bicyclic) bond motifs is 2. The van der Waals surface area contributed by atoms with Gasteiger partial charge < -0.3 is 41.7 Å². The fourth-order valence-electron chi connectivity index (χ4n) is 8.44. The lowest BCUT2D eigenvalue weighted by Crippen LogP contribution is -2.32. The predicted octanol–water partition coefficient (Wildman–Crippen LogP) is 8.83. The second-order valence-electron chi connectivity index (χ2n) is 17.0. The van der Waals surface area contributed by atoms with Crippen LogP contribution in [0, 0.1) is 23.5 Å². The normalized spacial score (nSPS) is 14.3. The van der Waals surface area contributed by atoms with Crippen molar-refractivity contribution in [2.75, 3.05) is 77.1 Å². The molecule has 16 nitrogen and oxygen atoms in total. The quantitative estimate of drug-likeness (QED) is 0.0399. The van der Waals surface area contributed by atoms with Gasteiger partial charge in [0.25, 0.3) is 0 Å². The molecule has 8 heterocycles. The van der Waals surface area contributed by atoms with E-state index in [1.54, 1.807) is 22.2 Å². The van der Waals surface area contributed by atoms with Gasteiger partial charge in [-0.05, 0) is 73.1 Å². The number of carbonyl (C=O) groups is 2. The van der Waals surface area contributed by atoms with E-state index in [0.29, 0.717) is 62.1 Å². The molecule has 22 heteroatoms. The molecule has 4 amide bonds. The second-order valence-corrected chi connectivity index (χ2v) is 19.1. The minimum absolute atomic E-state index is 0.0395. The maximum Gasteiger partial charge on any atom is 0.317 e.